The Bertz CT molecular complexity index is 450. The van der Waals surface area contributed by atoms with Crippen LogP contribution in [-0.4, -0.2) is 21.7 Å². The predicted octanol–water partition coefficient (Wildman–Crippen LogP) is 0.837. The van der Waals surface area contributed by atoms with Gasteiger partial charge in [-0.2, -0.15) is 5.10 Å². The van der Waals surface area contributed by atoms with Crippen LogP contribution in [0.25, 0.3) is 10.9 Å². The van der Waals surface area contributed by atoms with Gasteiger partial charge in [-0.15, -0.1) is 0 Å². The van der Waals surface area contributed by atoms with Crippen LogP contribution in [0.3, 0.4) is 0 Å². The van der Waals surface area contributed by atoms with Gasteiger partial charge in [-0.1, -0.05) is 0 Å². The first kappa shape index (κ1) is 7.60. The molecule has 0 atom stereocenters. The quantitative estimate of drug-likeness (QED) is 0.469. The van der Waals surface area contributed by atoms with Crippen molar-refractivity contribution >= 4 is 23.0 Å². The zero-order chi connectivity index (χ0) is 9.26. The molecule has 0 aliphatic heterocycles. The Kier molecular flexibility index (Phi) is 1.63. The van der Waals surface area contributed by atoms with Gasteiger partial charge >= 0.3 is 0 Å². The summed E-state index contributed by atoms with van der Waals surface area (Å²) in [4.78, 5) is 10.2. The van der Waals surface area contributed by atoms with Crippen LogP contribution in [0.5, 0.6) is 5.75 Å². The summed E-state index contributed by atoms with van der Waals surface area (Å²) in [5.74, 6) is 0.0287. The number of nitrogens with zero attached hydrogens (tertiary/aromatic N) is 1. The Morgan fingerprint density at radius 1 is 1.54 bits per heavy atom. The molecule has 1 heterocycles. The molecular weight excluding hydrogens is 170 g/mol. The number of aromatic nitrogens is 2. The zero-order valence-electron chi connectivity index (χ0n) is 6.61. The number of rotatable bonds is 2. The van der Waals surface area contributed by atoms with Crippen molar-refractivity contribution in [3.63, 3.8) is 0 Å². The molecule has 5 heteroatoms. The van der Waals surface area contributed by atoms with Gasteiger partial charge in [0.1, 0.15) is 5.75 Å². The third-order valence-corrected chi connectivity index (χ3v) is 1.77. The van der Waals surface area contributed by atoms with E-state index in [2.05, 4.69) is 15.5 Å². The van der Waals surface area contributed by atoms with Gasteiger partial charge in [-0.05, 0) is 12.1 Å². The fraction of sp³-hybridized carbons (Fsp3) is 0. The number of aromatic hydroxyl groups is 1. The summed E-state index contributed by atoms with van der Waals surface area (Å²) < 4.78 is 0. The first-order valence-electron chi connectivity index (χ1n) is 3.67. The van der Waals surface area contributed by atoms with Gasteiger partial charge in [0, 0.05) is 5.39 Å². The van der Waals surface area contributed by atoms with Gasteiger partial charge in [0.05, 0.1) is 17.4 Å². The number of carbonyl (C=O) groups excluding carboxylic acids is 1. The molecule has 0 aliphatic rings. The highest BCUT2D eigenvalue weighted by atomic mass is 16.3. The summed E-state index contributed by atoms with van der Waals surface area (Å²) >= 11 is 0. The maximum absolute atomic E-state index is 10.2. The summed E-state index contributed by atoms with van der Waals surface area (Å²) in [5.41, 5.74) is 1.13. The molecule has 0 saturated heterocycles. The summed E-state index contributed by atoms with van der Waals surface area (Å²) in [6.07, 6.45) is 2.11. The molecule has 0 bridgehead atoms. The van der Waals surface area contributed by atoms with Crippen LogP contribution >= 0.6 is 0 Å². The second-order valence-electron chi connectivity index (χ2n) is 2.59. The topological polar surface area (TPSA) is 78.0 Å². The number of phenolic OH excluding ortho intramolecular Hbond substituents is 1. The lowest BCUT2D eigenvalue weighted by Gasteiger charge is -2.01. The molecule has 1 amide bonds. The van der Waals surface area contributed by atoms with Crippen molar-refractivity contribution in [1.29, 1.82) is 0 Å². The van der Waals surface area contributed by atoms with Crippen LogP contribution in [-0.2, 0) is 4.79 Å². The third kappa shape index (κ3) is 1.20. The highest BCUT2D eigenvalue weighted by molar-refractivity contribution is 5.88. The van der Waals surface area contributed by atoms with Crippen LogP contribution < -0.4 is 5.32 Å². The van der Waals surface area contributed by atoms with Crippen molar-refractivity contribution < 1.29 is 9.90 Å². The van der Waals surface area contributed by atoms with Crippen molar-refractivity contribution in [2.45, 2.75) is 0 Å². The lowest BCUT2D eigenvalue weighted by molar-refractivity contribution is -0.105. The Morgan fingerprint density at radius 3 is 3.15 bits per heavy atom. The minimum absolute atomic E-state index is 0.0287. The van der Waals surface area contributed by atoms with Crippen molar-refractivity contribution in [2.24, 2.45) is 0 Å². The highest BCUT2D eigenvalue weighted by Gasteiger charge is 2.03. The molecule has 0 saturated carbocycles. The lowest BCUT2D eigenvalue weighted by atomic mass is 10.2. The van der Waals surface area contributed by atoms with Crippen molar-refractivity contribution in [3.05, 3.63) is 18.3 Å². The molecule has 1 aromatic carbocycles. The fourth-order valence-corrected chi connectivity index (χ4v) is 1.16. The number of hydrogen-bond acceptors (Lipinski definition) is 3. The van der Waals surface area contributed by atoms with Crippen molar-refractivity contribution in [2.75, 3.05) is 5.32 Å². The molecule has 0 radical (unpaired) electrons. The molecule has 0 unspecified atom stereocenters. The van der Waals surface area contributed by atoms with Crippen LogP contribution in [0.1, 0.15) is 0 Å². The molecule has 0 spiro atoms. The van der Waals surface area contributed by atoms with Crippen molar-refractivity contribution in [3.8, 4) is 5.75 Å². The molecule has 5 nitrogen and oxygen atoms in total. The number of H-pyrrole nitrogens is 1. The molecule has 2 rings (SSSR count). The Balaban J connectivity index is 2.62. The number of benzene rings is 1. The first-order valence-corrected chi connectivity index (χ1v) is 3.67. The standard InChI is InChI=1S/C8H7N3O2/c12-4-9-7-2-6-5(1-8(7)13)3-10-11-6/h1-4,13H,(H,9,12)(H,10,11). The third-order valence-electron chi connectivity index (χ3n) is 1.77. The van der Waals surface area contributed by atoms with Crippen LogP contribution in [0.4, 0.5) is 5.69 Å². The van der Waals surface area contributed by atoms with Gasteiger partial charge in [-0.25, -0.2) is 0 Å². The largest absolute Gasteiger partial charge is 0.506 e. The summed E-state index contributed by atoms with van der Waals surface area (Å²) in [6, 6.07) is 3.15. The molecule has 13 heavy (non-hydrogen) atoms. The second-order valence-corrected chi connectivity index (χ2v) is 2.59. The maximum atomic E-state index is 10.2. The number of carbonyl (C=O) groups is 1. The van der Waals surface area contributed by atoms with E-state index >= 15 is 0 Å². The molecule has 66 valence electrons. The van der Waals surface area contributed by atoms with Crippen LogP contribution in [0.2, 0.25) is 0 Å². The number of amides is 1. The van der Waals surface area contributed by atoms with Crippen molar-refractivity contribution in [1.82, 2.24) is 10.2 Å². The summed E-state index contributed by atoms with van der Waals surface area (Å²) in [5, 5.41) is 19.1. The average molecular weight is 177 g/mol. The van der Waals surface area contributed by atoms with Gasteiger partial charge in [-0.3, -0.25) is 9.89 Å². The molecule has 0 fully saturated rings. The number of phenols is 1. The van der Waals surface area contributed by atoms with E-state index in [9.17, 15) is 9.90 Å². The number of nitrogens with one attached hydrogen (secondary N) is 2. The van der Waals surface area contributed by atoms with E-state index in [0.29, 0.717) is 12.1 Å². The van der Waals surface area contributed by atoms with E-state index in [1.165, 1.54) is 6.07 Å². The fourth-order valence-electron chi connectivity index (χ4n) is 1.16. The molecule has 1 aromatic heterocycles. The highest BCUT2D eigenvalue weighted by Crippen LogP contribution is 2.27. The normalized spacial score (nSPS) is 10.2. The number of anilines is 1. The number of aromatic amines is 1. The summed E-state index contributed by atoms with van der Waals surface area (Å²) in [7, 11) is 0. The van der Waals surface area contributed by atoms with Gasteiger partial charge in [0.15, 0.2) is 0 Å². The van der Waals surface area contributed by atoms with Gasteiger partial charge in [0.25, 0.3) is 0 Å². The smallest absolute Gasteiger partial charge is 0.211 e. The average Bonchev–Trinajstić information content (AvgIpc) is 2.52. The zero-order valence-corrected chi connectivity index (χ0v) is 6.61. The lowest BCUT2D eigenvalue weighted by Crippen LogP contribution is -1.93. The molecule has 2 aromatic rings. The number of hydrogen-bond donors (Lipinski definition) is 3. The van der Waals surface area contributed by atoms with E-state index < -0.39 is 0 Å². The SMILES string of the molecule is O=CNc1cc2[nH]ncc2cc1O. The molecular formula is C8H7N3O2. The van der Waals surface area contributed by atoms with Crippen LogP contribution in [0, 0.1) is 0 Å². The Labute approximate surface area is 73.4 Å². The predicted molar refractivity (Wildman–Crippen MR) is 47.4 cm³/mol. The Morgan fingerprint density at radius 2 is 2.38 bits per heavy atom. The van der Waals surface area contributed by atoms with E-state index in [4.69, 9.17) is 0 Å². The van der Waals surface area contributed by atoms with E-state index in [0.717, 1.165) is 10.9 Å². The van der Waals surface area contributed by atoms with E-state index in [1.807, 2.05) is 0 Å². The molecule has 3 N–H and O–H groups in total. The van der Waals surface area contributed by atoms with Crippen LogP contribution in [0.15, 0.2) is 18.3 Å². The van der Waals surface area contributed by atoms with E-state index in [1.54, 1.807) is 12.3 Å². The van der Waals surface area contributed by atoms with Gasteiger partial charge in [0.2, 0.25) is 6.41 Å². The maximum Gasteiger partial charge on any atom is 0.211 e. The molecule has 0 aliphatic carbocycles. The minimum Gasteiger partial charge on any atom is -0.506 e. The Hall–Kier alpha value is -2.04. The number of fused-ring (bicyclic) bond motifs is 1. The monoisotopic (exact) mass is 177 g/mol. The van der Waals surface area contributed by atoms with E-state index in [-0.39, 0.29) is 5.75 Å². The van der Waals surface area contributed by atoms with Gasteiger partial charge < -0.3 is 10.4 Å². The first-order chi connectivity index (χ1) is 6.31. The second kappa shape index (κ2) is 2.78. The minimum atomic E-state index is 0.0287. The summed E-state index contributed by atoms with van der Waals surface area (Å²) in [6.45, 7) is 0.